The molecule has 0 fully saturated rings. The summed E-state index contributed by atoms with van der Waals surface area (Å²) in [4.78, 5) is 36.8. The molecule has 0 saturated carbocycles. The van der Waals surface area contributed by atoms with Gasteiger partial charge in [0.15, 0.2) is 0 Å². The van der Waals surface area contributed by atoms with Crippen molar-refractivity contribution in [1.82, 2.24) is 4.90 Å². The van der Waals surface area contributed by atoms with Gasteiger partial charge >= 0.3 is 0 Å². The Bertz CT molecular complexity index is 535. The predicted octanol–water partition coefficient (Wildman–Crippen LogP) is 2.62. The maximum atomic E-state index is 12.1. The molecule has 0 aliphatic heterocycles. The van der Waals surface area contributed by atoms with Gasteiger partial charge in [0.2, 0.25) is 17.7 Å². The van der Waals surface area contributed by atoms with Crippen LogP contribution in [0.3, 0.4) is 0 Å². The lowest BCUT2D eigenvalue weighted by Crippen LogP contribution is -2.35. The van der Waals surface area contributed by atoms with Crippen LogP contribution in [0, 0.1) is 0 Å². The highest BCUT2D eigenvalue weighted by Gasteiger charge is 2.16. The standard InChI is InChI=1S/C17H25N3O3/c1-4-10-20(11-5-2)17(23)12-16(22)19-15-8-6-14(7-9-15)18-13(3)21/h6-9H,4-5,10-12H2,1-3H3,(H,18,21)(H,19,22). The van der Waals surface area contributed by atoms with E-state index in [1.54, 1.807) is 29.2 Å². The van der Waals surface area contributed by atoms with Crippen molar-refractivity contribution in [3.8, 4) is 0 Å². The molecule has 6 nitrogen and oxygen atoms in total. The first-order valence-electron chi connectivity index (χ1n) is 7.91. The van der Waals surface area contributed by atoms with Crippen molar-refractivity contribution < 1.29 is 14.4 Å². The summed E-state index contributed by atoms with van der Waals surface area (Å²) in [5, 5.41) is 5.34. The molecule has 0 aromatic heterocycles. The molecule has 23 heavy (non-hydrogen) atoms. The largest absolute Gasteiger partial charge is 0.342 e. The van der Waals surface area contributed by atoms with E-state index in [0.717, 1.165) is 12.8 Å². The molecule has 0 saturated heterocycles. The molecule has 0 bridgehead atoms. The van der Waals surface area contributed by atoms with Gasteiger partial charge in [-0.15, -0.1) is 0 Å². The Labute approximate surface area is 137 Å². The number of rotatable bonds is 8. The van der Waals surface area contributed by atoms with E-state index in [0.29, 0.717) is 24.5 Å². The molecular weight excluding hydrogens is 294 g/mol. The lowest BCUT2D eigenvalue weighted by Gasteiger charge is -2.21. The highest BCUT2D eigenvalue weighted by Crippen LogP contribution is 2.14. The van der Waals surface area contributed by atoms with E-state index in [4.69, 9.17) is 0 Å². The van der Waals surface area contributed by atoms with Gasteiger partial charge in [0, 0.05) is 31.4 Å². The molecule has 0 heterocycles. The quantitative estimate of drug-likeness (QED) is 0.723. The Morgan fingerprint density at radius 3 is 1.83 bits per heavy atom. The molecule has 0 spiro atoms. The summed E-state index contributed by atoms with van der Waals surface area (Å²) in [5.74, 6) is -0.639. The normalized spacial score (nSPS) is 10.0. The van der Waals surface area contributed by atoms with Gasteiger partial charge in [0.1, 0.15) is 6.42 Å². The van der Waals surface area contributed by atoms with Crippen LogP contribution in [0.15, 0.2) is 24.3 Å². The first-order valence-corrected chi connectivity index (χ1v) is 7.91. The number of nitrogens with one attached hydrogen (secondary N) is 2. The van der Waals surface area contributed by atoms with E-state index >= 15 is 0 Å². The zero-order chi connectivity index (χ0) is 17.2. The molecule has 126 valence electrons. The van der Waals surface area contributed by atoms with Gasteiger partial charge in [-0.25, -0.2) is 0 Å². The van der Waals surface area contributed by atoms with Crippen LogP contribution in [0.5, 0.6) is 0 Å². The van der Waals surface area contributed by atoms with Crippen molar-refractivity contribution in [2.75, 3.05) is 23.7 Å². The number of benzene rings is 1. The zero-order valence-electron chi connectivity index (χ0n) is 14.0. The molecule has 1 aromatic carbocycles. The summed E-state index contributed by atoms with van der Waals surface area (Å²) in [7, 11) is 0. The van der Waals surface area contributed by atoms with Crippen molar-refractivity contribution in [2.24, 2.45) is 0 Å². The van der Waals surface area contributed by atoms with Gasteiger partial charge < -0.3 is 15.5 Å². The molecule has 3 amide bonds. The molecule has 0 atom stereocenters. The van der Waals surface area contributed by atoms with Crippen molar-refractivity contribution in [3.63, 3.8) is 0 Å². The second-order valence-electron chi connectivity index (χ2n) is 5.36. The van der Waals surface area contributed by atoms with Gasteiger partial charge in [-0.2, -0.15) is 0 Å². The first kappa shape index (κ1) is 18.7. The third-order valence-corrected chi connectivity index (χ3v) is 3.14. The monoisotopic (exact) mass is 319 g/mol. The number of carbonyl (C=O) groups is 3. The van der Waals surface area contributed by atoms with Crippen LogP contribution in [0.1, 0.15) is 40.0 Å². The second-order valence-corrected chi connectivity index (χ2v) is 5.36. The van der Waals surface area contributed by atoms with Crippen LogP contribution in [0.4, 0.5) is 11.4 Å². The Balaban J connectivity index is 2.55. The van der Waals surface area contributed by atoms with Gasteiger partial charge in [0.25, 0.3) is 0 Å². The molecule has 0 radical (unpaired) electrons. The molecule has 1 rings (SSSR count). The minimum absolute atomic E-state index is 0.152. The summed E-state index contributed by atoms with van der Waals surface area (Å²) in [5.41, 5.74) is 1.25. The van der Waals surface area contributed by atoms with E-state index in [2.05, 4.69) is 10.6 Å². The fraction of sp³-hybridized carbons (Fsp3) is 0.471. The van der Waals surface area contributed by atoms with Gasteiger partial charge in [0.05, 0.1) is 0 Å². The first-order chi connectivity index (χ1) is 11.0. The predicted molar refractivity (Wildman–Crippen MR) is 91.2 cm³/mol. The fourth-order valence-electron chi connectivity index (χ4n) is 2.20. The molecule has 0 unspecified atom stereocenters. The van der Waals surface area contributed by atoms with Gasteiger partial charge in [-0.05, 0) is 37.1 Å². The van der Waals surface area contributed by atoms with E-state index in [1.165, 1.54) is 6.92 Å². The molecule has 1 aromatic rings. The Hall–Kier alpha value is -2.37. The summed E-state index contributed by atoms with van der Waals surface area (Å²) < 4.78 is 0. The molecule has 2 N–H and O–H groups in total. The minimum atomic E-state index is -0.334. The molecule has 0 aliphatic carbocycles. The van der Waals surface area contributed by atoms with Crippen LogP contribution >= 0.6 is 0 Å². The maximum absolute atomic E-state index is 12.1. The van der Waals surface area contributed by atoms with Crippen LogP contribution in [0.2, 0.25) is 0 Å². The number of hydrogen-bond donors (Lipinski definition) is 2. The lowest BCUT2D eigenvalue weighted by molar-refractivity contribution is -0.134. The van der Waals surface area contributed by atoms with Crippen molar-refractivity contribution in [1.29, 1.82) is 0 Å². The van der Waals surface area contributed by atoms with Crippen LogP contribution in [-0.2, 0) is 14.4 Å². The van der Waals surface area contributed by atoms with Gasteiger partial charge in [-0.3, -0.25) is 14.4 Å². The molecule has 0 aliphatic rings. The van der Waals surface area contributed by atoms with E-state index < -0.39 is 0 Å². The molecular formula is C17H25N3O3. The second kappa shape index (κ2) is 9.61. The average molecular weight is 319 g/mol. The van der Waals surface area contributed by atoms with E-state index in [9.17, 15) is 14.4 Å². The number of carbonyl (C=O) groups excluding carboxylic acids is 3. The lowest BCUT2D eigenvalue weighted by atomic mass is 10.2. The number of amides is 3. The smallest absolute Gasteiger partial charge is 0.233 e. The minimum Gasteiger partial charge on any atom is -0.342 e. The summed E-state index contributed by atoms with van der Waals surface area (Å²) in [6, 6.07) is 6.76. The van der Waals surface area contributed by atoms with Crippen molar-refractivity contribution in [2.45, 2.75) is 40.0 Å². The van der Waals surface area contributed by atoms with E-state index in [-0.39, 0.29) is 24.1 Å². The Morgan fingerprint density at radius 2 is 1.39 bits per heavy atom. The maximum Gasteiger partial charge on any atom is 0.233 e. The fourth-order valence-corrected chi connectivity index (χ4v) is 2.20. The summed E-state index contributed by atoms with van der Waals surface area (Å²) in [6.45, 7) is 6.79. The zero-order valence-corrected chi connectivity index (χ0v) is 14.0. The highest BCUT2D eigenvalue weighted by atomic mass is 16.2. The van der Waals surface area contributed by atoms with E-state index in [1.807, 2.05) is 13.8 Å². The Morgan fingerprint density at radius 1 is 0.913 bits per heavy atom. The number of anilines is 2. The van der Waals surface area contributed by atoms with Crippen LogP contribution in [-0.4, -0.2) is 35.7 Å². The van der Waals surface area contributed by atoms with Gasteiger partial charge in [-0.1, -0.05) is 13.8 Å². The third-order valence-electron chi connectivity index (χ3n) is 3.14. The van der Waals surface area contributed by atoms with Crippen LogP contribution in [0.25, 0.3) is 0 Å². The SMILES string of the molecule is CCCN(CCC)C(=O)CC(=O)Nc1ccc(NC(C)=O)cc1. The van der Waals surface area contributed by atoms with Crippen LogP contribution < -0.4 is 10.6 Å². The summed E-state index contributed by atoms with van der Waals surface area (Å²) >= 11 is 0. The molecule has 6 heteroatoms. The number of nitrogens with zero attached hydrogens (tertiary/aromatic N) is 1. The average Bonchev–Trinajstić information content (AvgIpc) is 2.48. The Kier molecular flexibility index (Phi) is 7.80. The number of hydrogen-bond acceptors (Lipinski definition) is 3. The summed E-state index contributed by atoms with van der Waals surface area (Å²) in [6.07, 6.45) is 1.59. The van der Waals surface area contributed by atoms with Crippen molar-refractivity contribution >= 4 is 29.1 Å². The van der Waals surface area contributed by atoms with Crippen molar-refractivity contribution in [3.05, 3.63) is 24.3 Å². The third kappa shape index (κ3) is 6.95. The highest BCUT2D eigenvalue weighted by molar-refractivity contribution is 6.03. The topological polar surface area (TPSA) is 78.5 Å².